The minimum Gasteiger partial charge on any atom is -0.497 e. The minimum atomic E-state index is -3.83. The minimum absolute atomic E-state index is 0.00955. The van der Waals surface area contributed by atoms with Crippen molar-refractivity contribution >= 4 is 21.6 Å². The van der Waals surface area contributed by atoms with Crippen LogP contribution in [0.5, 0.6) is 11.5 Å². The van der Waals surface area contributed by atoms with E-state index in [1.54, 1.807) is 78.9 Å². The number of rotatable bonds is 15. The molecule has 4 aromatic rings. The first kappa shape index (κ1) is 33.6. The Morgan fingerprint density at radius 1 is 0.979 bits per heavy atom. The highest BCUT2D eigenvalue weighted by atomic mass is 32.2. The molecule has 1 heterocycles. The number of carbonyl (C=O) groups excluding carboxylic acids is 1. The summed E-state index contributed by atoms with van der Waals surface area (Å²) in [5, 5.41) is 9.05. The Morgan fingerprint density at radius 3 is 2.47 bits per heavy atom. The molecule has 0 radical (unpaired) electrons. The summed E-state index contributed by atoms with van der Waals surface area (Å²) in [7, 11) is -2.31. The normalized spacial score (nSPS) is 17.4. The van der Waals surface area contributed by atoms with E-state index in [4.69, 9.17) is 24.3 Å². The molecule has 0 saturated heterocycles. The van der Waals surface area contributed by atoms with Crippen molar-refractivity contribution in [3.8, 4) is 11.5 Å². The predicted octanol–water partition coefficient (Wildman–Crippen LogP) is 4.54. The van der Waals surface area contributed by atoms with E-state index in [-0.39, 0.29) is 30.4 Å². The second-order valence-electron chi connectivity index (χ2n) is 10.9. The van der Waals surface area contributed by atoms with Crippen molar-refractivity contribution in [1.82, 2.24) is 10.9 Å². The van der Waals surface area contributed by atoms with Crippen molar-refractivity contribution in [2.45, 2.75) is 35.9 Å². The molecule has 12 heteroatoms. The summed E-state index contributed by atoms with van der Waals surface area (Å²) in [4.78, 5) is 19.3. The summed E-state index contributed by atoms with van der Waals surface area (Å²) in [5.74, 6) is -0.239. The predicted molar refractivity (Wildman–Crippen MR) is 174 cm³/mol. The van der Waals surface area contributed by atoms with Crippen LogP contribution in [0, 0.1) is 5.82 Å². The van der Waals surface area contributed by atoms with Gasteiger partial charge in [0.05, 0.1) is 24.4 Å². The van der Waals surface area contributed by atoms with Crippen molar-refractivity contribution in [1.29, 1.82) is 0 Å². The Morgan fingerprint density at radius 2 is 1.74 bits per heavy atom. The van der Waals surface area contributed by atoms with Gasteiger partial charge in [-0.15, -0.1) is 0 Å². The summed E-state index contributed by atoms with van der Waals surface area (Å²) in [6.07, 6.45) is -0.794. The fraction of sp³-hybridized carbons (Fsp3) is 0.257. The van der Waals surface area contributed by atoms with Gasteiger partial charge in [0.2, 0.25) is 5.90 Å². The number of ether oxygens (including phenoxy) is 3. The molecule has 0 aromatic heterocycles. The third-order valence-electron chi connectivity index (χ3n) is 7.66. The molecule has 47 heavy (non-hydrogen) atoms. The van der Waals surface area contributed by atoms with E-state index in [0.29, 0.717) is 41.2 Å². The number of hydrogen-bond donors (Lipinski definition) is 3. The number of methoxy groups -OCH3 is 1. The number of nitrogens with one attached hydrogen (secondary N) is 2. The smallest absolute Gasteiger partial charge is 0.266 e. The van der Waals surface area contributed by atoms with Crippen molar-refractivity contribution in [2.75, 3.05) is 26.1 Å². The summed E-state index contributed by atoms with van der Waals surface area (Å²) < 4.78 is 58.3. The Kier molecular flexibility index (Phi) is 10.9. The van der Waals surface area contributed by atoms with Crippen LogP contribution in [0.3, 0.4) is 0 Å². The number of halogens is 1. The number of benzene rings is 4. The van der Waals surface area contributed by atoms with Crippen LogP contribution in [0.25, 0.3) is 0 Å². The van der Waals surface area contributed by atoms with Crippen LogP contribution in [-0.2, 0) is 25.9 Å². The average molecular weight is 662 g/mol. The van der Waals surface area contributed by atoms with E-state index in [2.05, 4.69) is 10.9 Å². The molecule has 2 atom stereocenters. The lowest BCUT2D eigenvalue weighted by Gasteiger charge is -2.30. The number of aliphatic imine (C=N–C) groups is 1. The molecule has 1 aliphatic heterocycles. The maximum Gasteiger partial charge on any atom is 0.266 e. The van der Waals surface area contributed by atoms with Gasteiger partial charge in [-0.2, -0.15) is 0 Å². The van der Waals surface area contributed by atoms with E-state index in [0.717, 1.165) is 0 Å². The first-order valence-corrected chi connectivity index (χ1v) is 16.7. The van der Waals surface area contributed by atoms with E-state index < -0.39 is 39.0 Å². The number of sulfone groups is 1. The van der Waals surface area contributed by atoms with Crippen LogP contribution in [0.15, 0.2) is 113 Å². The Hall–Kier alpha value is -4.78. The fourth-order valence-electron chi connectivity index (χ4n) is 5.19. The van der Waals surface area contributed by atoms with Gasteiger partial charge in [0, 0.05) is 31.6 Å². The molecule has 0 unspecified atom stereocenters. The molecule has 0 saturated carbocycles. The SMILES string of the molecule is COc1cccc([C@@H]2OC(c3ccc(OCCCO)cc3)=N[C@]2(CCS(=O)(=O)c2ccccc2)C(=O)NNCc2cccc(F)c2)c1. The van der Waals surface area contributed by atoms with Gasteiger partial charge in [-0.05, 0) is 71.8 Å². The monoisotopic (exact) mass is 661 g/mol. The summed E-state index contributed by atoms with van der Waals surface area (Å²) in [5.41, 5.74) is 5.44. The van der Waals surface area contributed by atoms with Gasteiger partial charge < -0.3 is 19.3 Å². The van der Waals surface area contributed by atoms with E-state index in [1.165, 1.54) is 31.4 Å². The average Bonchev–Trinajstić information content (AvgIpc) is 3.49. The molecule has 1 amide bonds. The Bertz CT molecular complexity index is 1800. The van der Waals surface area contributed by atoms with E-state index in [1.807, 2.05) is 0 Å². The molecule has 246 valence electrons. The summed E-state index contributed by atoms with van der Waals surface area (Å²) in [6, 6.07) is 27.8. The van der Waals surface area contributed by atoms with Crippen LogP contribution in [0.1, 0.15) is 35.6 Å². The molecule has 0 aliphatic carbocycles. The molecule has 0 bridgehead atoms. The number of hydrazine groups is 1. The highest BCUT2D eigenvalue weighted by molar-refractivity contribution is 7.91. The number of aliphatic hydroxyl groups excluding tert-OH is 1. The standard InChI is InChI=1S/C35H36FN3O7S/c1-44-30-11-6-9-27(23-30)32-35(18-21-47(42,43)31-12-3-2-4-13-31,34(41)39-37-24-25-8-5-10-28(36)22-25)38-33(46-32)26-14-16-29(17-15-26)45-20-7-19-40/h2-6,8-17,22-23,32,37,40H,7,18-21,24H2,1H3,(H,39,41)/t32-,35-/m0/s1. The lowest BCUT2D eigenvalue weighted by molar-refractivity contribution is -0.130. The Balaban J connectivity index is 1.53. The van der Waals surface area contributed by atoms with Crippen molar-refractivity contribution in [3.63, 3.8) is 0 Å². The molecule has 1 aliphatic rings. The third kappa shape index (κ3) is 8.15. The maximum absolute atomic E-state index is 14.3. The number of aliphatic hydroxyl groups is 1. The largest absolute Gasteiger partial charge is 0.497 e. The van der Waals surface area contributed by atoms with Gasteiger partial charge in [-0.1, -0.05) is 42.5 Å². The summed E-state index contributed by atoms with van der Waals surface area (Å²) in [6.45, 7) is 0.448. The first-order valence-electron chi connectivity index (χ1n) is 15.0. The van der Waals surface area contributed by atoms with Crippen molar-refractivity contribution in [3.05, 3.63) is 126 Å². The second-order valence-corrected chi connectivity index (χ2v) is 13.0. The van der Waals surface area contributed by atoms with E-state index >= 15 is 0 Å². The zero-order valence-electron chi connectivity index (χ0n) is 25.8. The zero-order chi connectivity index (χ0) is 33.3. The molecule has 10 nitrogen and oxygen atoms in total. The number of hydrogen-bond acceptors (Lipinski definition) is 9. The maximum atomic E-state index is 14.3. The van der Waals surface area contributed by atoms with Gasteiger partial charge in [0.1, 0.15) is 17.3 Å². The first-order chi connectivity index (χ1) is 22.7. The van der Waals surface area contributed by atoms with Crippen molar-refractivity contribution in [2.24, 2.45) is 4.99 Å². The number of nitrogens with zero attached hydrogens (tertiary/aromatic N) is 1. The van der Waals surface area contributed by atoms with Gasteiger partial charge >= 0.3 is 0 Å². The van der Waals surface area contributed by atoms with E-state index in [9.17, 15) is 17.6 Å². The van der Waals surface area contributed by atoms with Crippen LogP contribution in [0.2, 0.25) is 0 Å². The van der Waals surface area contributed by atoms with Gasteiger partial charge in [0.25, 0.3) is 5.91 Å². The molecule has 0 fully saturated rings. The number of amides is 1. The Labute approximate surface area is 273 Å². The fourth-order valence-corrected chi connectivity index (χ4v) is 6.58. The molecular formula is C35H36FN3O7S. The number of carbonyl (C=O) groups is 1. The summed E-state index contributed by atoms with van der Waals surface area (Å²) >= 11 is 0. The van der Waals surface area contributed by atoms with Gasteiger partial charge in [-0.25, -0.2) is 23.2 Å². The van der Waals surface area contributed by atoms with Crippen LogP contribution in [0.4, 0.5) is 4.39 Å². The van der Waals surface area contributed by atoms with Crippen LogP contribution >= 0.6 is 0 Å². The molecule has 0 spiro atoms. The van der Waals surface area contributed by atoms with Crippen molar-refractivity contribution < 1.29 is 36.9 Å². The zero-order valence-corrected chi connectivity index (χ0v) is 26.6. The topological polar surface area (TPSA) is 136 Å². The highest BCUT2D eigenvalue weighted by Crippen LogP contribution is 2.43. The van der Waals surface area contributed by atoms with Gasteiger partial charge in [-0.3, -0.25) is 10.2 Å². The van der Waals surface area contributed by atoms with Gasteiger partial charge in [0.15, 0.2) is 21.5 Å². The third-order valence-corrected chi connectivity index (χ3v) is 9.40. The molecule has 4 aromatic carbocycles. The molecule has 5 rings (SSSR count). The molecule has 3 N–H and O–H groups in total. The highest BCUT2D eigenvalue weighted by Gasteiger charge is 2.53. The quantitative estimate of drug-likeness (QED) is 0.125. The van der Waals surface area contributed by atoms with Crippen LogP contribution in [-0.4, -0.2) is 56.9 Å². The lowest BCUT2D eigenvalue weighted by Crippen LogP contribution is -2.53. The molecular weight excluding hydrogens is 625 g/mol. The lowest BCUT2D eigenvalue weighted by atomic mass is 9.85. The van der Waals surface area contributed by atoms with Crippen LogP contribution < -0.4 is 20.3 Å². The second kappa shape index (κ2) is 15.2.